The molecule has 0 aliphatic carbocycles. The highest BCUT2D eigenvalue weighted by molar-refractivity contribution is 6.35. The minimum Gasteiger partial charge on any atom is -0.494 e. The van der Waals surface area contributed by atoms with Gasteiger partial charge < -0.3 is 14.6 Å². The lowest BCUT2D eigenvalue weighted by Crippen LogP contribution is -2.52. The van der Waals surface area contributed by atoms with Crippen LogP contribution < -0.4 is 15.6 Å². The Labute approximate surface area is 275 Å². The highest BCUT2D eigenvalue weighted by atomic mass is 35.5. The van der Waals surface area contributed by atoms with Gasteiger partial charge in [-0.2, -0.15) is 0 Å². The second kappa shape index (κ2) is 15.3. The molecule has 11 heteroatoms. The van der Waals surface area contributed by atoms with E-state index in [1.54, 1.807) is 42.5 Å². The van der Waals surface area contributed by atoms with Gasteiger partial charge in [0.2, 0.25) is 5.90 Å². The van der Waals surface area contributed by atoms with Crippen molar-refractivity contribution in [3.63, 3.8) is 0 Å². The summed E-state index contributed by atoms with van der Waals surface area (Å²) in [7, 11) is 0. The van der Waals surface area contributed by atoms with E-state index in [9.17, 15) is 13.6 Å². The highest BCUT2D eigenvalue weighted by Crippen LogP contribution is 2.45. The van der Waals surface area contributed by atoms with Crippen molar-refractivity contribution in [1.29, 1.82) is 0 Å². The first-order chi connectivity index (χ1) is 22.3. The molecule has 4 aromatic rings. The van der Waals surface area contributed by atoms with Crippen LogP contribution in [0.1, 0.15) is 41.2 Å². The predicted octanol–water partition coefficient (Wildman–Crippen LogP) is 7.21. The number of hydrazine groups is 1. The fourth-order valence-electron chi connectivity index (χ4n) is 4.97. The largest absolute Gasteiger partial charge is 0.494 e. The Morgan fingerprint density at radius 3 is 2.43 bits per heavy atom. The molecule has 5 rings (SSSR count). The van der Waals surface area contributed by atoms with Gasteiger partial charge in [0.25, 0.3) is 5.91 Å². The molecule has 0 saturated carbocycles. The van der Waals surface area contributed by atoms with Gasteiger partial charge in [0.1, 0.15) is 17.4 Å². The zero-order valence-corrected chi connectivity index (χ0v) is 26.1. The number of aliphatic hydroxyl groups excluding tert-OH is 1. The van der Waals surface area contributed by atoms with Crippen molar-refractivity contribution >= 4 is 41.1 Å². The molecule has 46 heavy (non-hydrogen) atoms. The van der Waals surface area contributed by atoms with Crippen molar-refractivity contribution < 1.29 is 28.2 Å². The molecule has 0 radical (unpaired) electrons. The number of aliphatic imine (C=N–C) groups is 1. The van der Waals surface area contributed by atoms with E-state index in [1.807, 2.05) is 42.5 Å². The van der Waals surface area contributed by atoms with Gasteiger partial charge in [0.15, 0.2) is 11.6 Å². The molecule has 4 aromatic carbocycles. The van der Waals surface area contributed by atoms with Gasteiger partial charge in [0.05, 0.1) is 6.61 Å². The molecule has 0 bridgehead atoms. The van der Waals surface area contributed by atoms with E-state index < -0.39 is 29.2 Å². The molecule has 238 valence electrons. The number of amides is 1. The van der Waals surface area contributed by atoms with Crippen molar-refractivity contribution in [3.8, 4) is 5.75 Å². The van der Waals surface area contributed by atoms with Crippen LogP contribution in [0.5, 0.6) is 5.75 Å². The number of carbonyl (C=O) groups is 1. The van der Waals surface area contributed by atoms with Crippen molar-refractivity contribution in [2.75, 3.05) is 13.2 Å². The molecule has 0 unspecified atom stereocenters. The highest BCUT2D eigenvalue weighted by Gasteiger charge is 2.53. The topological polar surface area (TPSA) is 92.2 Å². The predicted molar refractivity (Wildman–Crippen MR) is 175 cm³/mol. The summed E-state index contributed by atoms with van der Waals surface area (Å²) in [4.78, 5) is 19.1. The number of rotatable bonds is 13. The second-order valence-electron chi connectivity index (χ2n) is 10.5. The average Bonchev–Trinajstić information content (AvgIpc) is 3.43. The minimum atomic E-state index is -1.62. The molecule has 0 spiro atoms. The summed E-state index contributed by atoms with van der Waals surface area (Å²) in [5.74, 6) is -1.34. The third-order valence-electron chi connectivity index (χ3n) is 7.34. The zero-order valence-electron chi connectivity index (χ0n) is 24.6. The summed E-state index contributed by atoms with van der Waals surface area (Å²) in [5.41, 5.74) is 5.37. The summed E-state index contributed by atoms with van der Waals surface area (Å²) in [6.45, 7) is 0.0529. The SMILES string of the molecule is O=C(NNCc1c(F)cccc1F)[C@@]1(C/C=C/c2ccccc2)N=C(c2ccc(OCCCO)cc2)O[C@H]1c1ccc(Cl)cc1Cl. The molecule has 0 aromatic heterocycles. The number of benzene rings is 4. The number of ether oxygens (including phenoxy) is 2. The molecule has 1 aliphatic heterocycles. The summed E-state index contributed by atoms with van der Waals surface area (Å²) >= 11 is 12.9. The van der Waals surface area contributed by atoms with Gasteiger partial charge >= 0.3 is 0 Å². The first kappa shape index (κ1) is 33.1. The van der Waals surface area contributed by atoms with Gasteiger partial charge in [-0.15, -0.1) is 0 Å². The van der Waals surface area contributed by atoms with Gasteiger partial charge in [-0.05, 0) is 54.1 Å². The van der Waals surface area contributed by atoms with Crippen molar-refractivity contribution in [2.24, 2.45) is 4.99 Å². The summed E-state index contributed by atoms with van der Waals surface area (Å²) in [6, 6.07) is 24.9. The lowest BCUT2D eigenvalue weighted by Gasteiger charge is -2.30. The van der Waals surface area contributed by atoms with Gasteiger partial charge in [-0.1, -0.05) is 77.8 Å². The fraction of sp³-hybridized carbons (Fsp3) is 0.200. The third-order valence-corrected chi connectivity index (χ3v) is 7.91. The first-order valence-corrected chi connectivity index (χ1v) is 15.3. The van der Waals surface area contributed by atoms with Crippen LogP contribution in [-0.4, -0.2) is 35.7 Å². The van der Waals surface area contributed by atoms with Crippen molar-refractivity contribution in [2.45, 2.75) is 31.0 Å². The number of halogens is 4. The first-order valence-electron chi connectivity index (χ1n) is 14.5. The smallest absolute Gasteiger partial charge is 0.266 e. The second-order valence-corrected chi connectivity index (χ2v) is 11.3. The van der Waals surface area contributed by atoms with Crippen LogP contribution in [-0.2, 0) is 16.1 Å². The normalized spacial score (nSPS) is 17.5. The molecule has 3 N–H and O–H groups in total. The van der Waals surface area contributed by atoms with E-state index in [2.05, 4.69) is 10.9 Å². The lowest BCUT2D eigenvalue weighted by atomic mass is 9.84. The molecular weight excluding hydrogens is 635 g/mol. The van der Waals surface area contributed by atoms with Gasteiger partial charge in [-0.3, -0.25) is 10.2 Å². The standard InChI is InChI=1S/C35H31Cl2F2N3O4/c36-25-14-17-27(29(37)21-25)32-35(18-5-9-23-7-2-1-3-8-23,34(44)42-40-22-28-30(38)10-4-11-31(28)39)41-33(46-32)24-12-15-26(16-13-24)45-20-6-19-43/h1-5,7-17,21,32,40,43H,6,18-20,22H2,(H,42,44)/b9-5+/t32-,35-/m0/s1. The Bertz CT molecular complexity index is 1700. The van der Waals surface area contributed by atoms with E-state index in [-0.39, 0.29) is 36.1 Å². The van der Waals surface area contributed by atoms with Crippen LogP contribution in [0.4, 0.5) is 8.78 Å². The summed E-state index contributed by atoms with van der Waals surface area (Å²) in [5, 5.41) is 9.71. The molecule has 7 nitrogen and oxygen atoms in total. The van der Waals surface area contributed by atoms with Crippen molar-refractivity contribution in [1.82, 2.24) is 10.9 Å². The molecule has 1 aliphatic rings. The molecule has 0 saturated heterocycles. The average molecular weight is 667 g/mol. The van der Waals surface area contributed by atoms with Crippen LogP contribution in [0.2, 0.25) is 10.0 Å². The van der Waals surface area contributed by atoms with Crippen LogP contribution >= 0.6 is 23.2 Å². The fourth-order valence-corrected chi connectivity index (χ4v) is 5.48. The van der Waals surface area contributed by atoms with Crippen LogP contribution in [0.25, 0.3) is 6.08 Å². The Kier molecular flexibility index (Phi) is 11.0. The maximum Gasteiger partial charge on any atom is 0.266 e. The van der Waals surface area contributed by atoms with Crippen molar-refractivity contribution in [3.05, 3.63) is 141 Å². The third kappa shape index (κ3) is 7.74. The Balaban J connectivity index is 1.52. The van der Waals surface area contributed by atoms with Gasteiger partial charge in [-0.25, -0.2) is 19.2 Å². The van der Waals surface area contributed by atoms with E-state index in [0.29, 0.717) is 34.9 Å². The minimum absolute atomic E-state index is 0.0182. The van der Waals surface area contributed by atoms with Crippen LogP contribution in [0, 0.1) is 11.6 Å². The van der Waals surface area contributed by atoms with E-state index in [4.69, 9.17) is 42.8 Å². The van der Waals surface area contributed by atoms with E-state index in [1.165, 1.54) is 6.07 Å². The monoisotopic (exact) mass is 665 g/mol. The summed E-state index contributed by atoms with van der Waals surface area (Å²) in [6.07, 6.45) is 3.23. The Morgan fingerprint density at radius 1 is 1.00 bits per heavy atom. The molecular formula is C35H31Cl2F2N3O4. The molecule has 1 heterocycles. The quantitative estimate of drug-likeness (QED) is 0.104. The maximum atomic E-state index is 14.3. The van der Waals surface area contributed by atoms with Gasteiger partial charge in [0, 0.05) is 52.7 Å². The molecule has 2 atom stereocenters. The number of hydrogen-bond donors (Lipinski definition) is 3. The van der Waals surface area contributed by atoms with Crippen LogP contribution in [0.15, 0.2) is 102 Å². The summed E-state index contributed by atoms with van der Waals surface area (Å²) < 4.78 is 40.7. The lowest BCUT2D eigenvalue weighted by molar-refractivity contribution is -0.129. The van der Waals surface area contributed by atoms with Crippen LogP contribution in [0.3, 0.4) is 0 Å². The molecule has 1 amide bonds. The Hall–Kier alpha value is -4.28. The Morgan fingerprint density at radius 2 is 1.74 bits per heavy atom. The number of carbonyl (C=O) groups excluding carboxylic acids is 1. The van der Waals surface area contributed by atoms with E-state index in [0.717, 1.165) is 17.7 Å². The molecule has 0 fully saturated rings. The number of aliphatic hydroxyl groups is 1. The number of hydrogen-bond acceptors (Lipinski definition) is 6. The van der Waals surface area contributed by atoms with E-state index >= 15 is 0 Å². The zero-order chi connectivity index (χ0) is 32.5. The maximum absolute atomic E-state index is 14.3. The number of nitrogens with one attached hydrogen (secondary N) is 2. The number of nitrogens with zero attached hydrogens (tertiary/aromatic N) is 1.